The molecule has 30 heavy (non-hydrogen) atoms. The number of fused-ring (bicyclic) bond motifs is 1. The predicted octanol–water partition coefficient (Wildman–Crippen LogP) is 1.59. The molecule has 1 saturated heterocycles. The van der Waals surface area contributed by atoms with E-state index in [1.807, 2.05) is 36.4 Å². The fraction of sp³-hybridized carbons (Fsp3) is 0.364. The van der Waals surface area contributed by atoms with Crippen LogP contribution < -0.4 is 10.6 Å². The van der Waals surface area contributed by atoms with Crippen LogP contribution in [0.5, 0.6) is 0 Å². The normalized spacial score (nSPS) is 18.4. The number of carbonyl (C=O) groups is 4. The van der Waals surface area contributed by atoms with Gasteiger partial charge in [0.05, 0.1) is 6.54 Å². The molecular weight excluding hydrogens is 384 g/mol. The second-order valence-electron chi connectivity index (χ2n) is 7.37. The number of urea groups is 1. The lowest BCUT2D eigenvalue weighted by Crippen LogP contribution is -2.47. The van der Waals surface area contributed by atoms with Gasteiger partial charge in [-0.3, -0.25) is 19.3 Å². The van der Waals surface area contributed by atoms with Crippen molar-refractivity contribution in [1.82, 2.24) is 20.4 Å². The zero-order valence-electron chi connectivity index (χ0n) is 17.4. The van der Waals surface area contributed by atoms with Gasteiger partial charge < -0.3 is 15.5 Å². The summed E-state index contributed by atoms with van der Waals surface area (Å²) in [4.78, 5) is 52.4. The van der Waals surface area contributed by atoms with Gasteiger partial charge in [0.25, 0.3) is 5.91 Å². The minimum Gasteiger partial charge on any atom is -0.355 e. The van der Waals surface area contributed by atoms with Gasteiger partial charge in [-0.2, -0.15) is 0 Å². The molecule has 5 amide bonds. The fourth-order valence-electron chi connectivity index (χ4n) is 3.57. The van der Waals surface area contributed by atoms with Crippen molar-refractivity contribution in [2.24, 2.45) is 0 Å². The van der Waals surface area contributed by atoms with Crippen molar-refractivity contribution >= 4 is 34.5 Å². The molecule has 1 fully saturated rings. The molecular formula is C22H26N4O4. The minimum absolute atomic E-state index is 0.116. The van der Waals surface area contributed by atoms with Gasteiger partial charge in [-0.1, -0.05) is 36.4 Å². The number of hydrogen-bond donors (Lipinski definition) is 2. The minimum atomic E-state index is -1.27. The van der Waals surface area contributed by atoms with E-state index in [1.165, 1.54) is 4.90 Å². The van der Waals surface area contributed by atoms with Crippen LogP contribution in [0, 0.1) is 0 Å². The van der Waals surface area contributed by atoms with Gasteiger partial charge in [-0.25, -0.2) is 4.79 Å². The van der Waals surface area contributed by atoms with E-state index in [1.54, 1.807) is 26.8 Å². The maximum absolute atomic E-state index is 13.1. The molecule has 0 unspecified atom stereocenters. The highest BCUT2D eigenvalue weighted by Gasteiger charge is 2.49. The highest BCUT2D eigenvalue weighted by molar-refractivity contribution is 6.09. The molecule has 0 bridgehead atoms. The second kappa shape index (κ2) is 8.52. The first-order valence-electron chi connectivity index (χ1n) is 9.98. The Bertz CT molecular complexity index is 1010. The molecule has 0 aliphatic carbocycles. The van der Waals surface area contributed by atoms with Crippen LogP contribution >= 0.6 is 0 Å². The van der Waals surface area contributed by atoms with Gasteiger partial charge >= 0.3 is 6.03 Å². The Hall–Kier alpha value is -3.42. The Kier molecular flexibility index (Phi) is 6.05. The number of carbonyl (C=O) groups excluding carboxylic acids is 4. The SMILES string of the molecule is CCNC(=O)CN(CC)C(=O)CN1C(=O)N[C@@](C)(c2ccc3ccccc3c2)C1=O. The summed E-state index contributed by atoms with van der Waals surface area (Å²) in [5.74, 6) is -1.24. The molecule has 8 heteroatoms. The number of hydrogen-bond acceptors (Lipinski definition) is 4. The van der Waals surface area contributed by atoms with E-state index in [0.29, 0.717) is 18.7 Å². The first-order chi connectivity index (χ1) is 14.3. The molecule has 158 valence electrons. The number of nitrogens with zero attached hydrogens (tertiary/aromatic N) is 2. The van der Waals surface area contributed by atoms with Crippen LogP contribution in [0.25, 0.3) is 10.8 Å². The third-order valence-corrected chi connectivity index (χ3v) is 5.34. The van der Waals surface area contributed by atoms with E-state index >= 15 is 0 Å². The Morgan fingerprint density at radius 3 is 2.47 bits per heavy atom. The summed E-state index contributed by atoms with van der Waals surface area (Å²) in [5, 5.41) is 7.33. The molecule has 0 spiro atoms. The van der Waals surface area contributed by atoms with Gasteiger partial charge in [0.15, 0.2) is 0 Å². The van der Waals surface area contributed by atoms with Gasteiger partial charge in [-0.15, -0.1) is 0 Å². The first kappa shape index (κ1) is 21.3. The zero-order valence-corrected chi connectivity index (χ0v) is 17.4. The number of likely N-dealkylation sites (N-methyl/N-ethyl adjacent to an activating group) is 2. The van der Waals surface area contributed by atoms with Crippen molar-refractivity contribution < 1.29 is 19.2 Å². The van der Waals surface area contributed by atoms with Crippen molar-refractivity contribution in [2.45, 2.75) is 26.3 Å². The Labute approximate surface area is 175 Å². The molecule has 1 atom stereocenters. The highest BCUT2D eigenvalue weighted by atomic mass is 16.2. The van der Waals surface area contributed by atoms with Crippen molar-refractivity contribution in [3.8, 4) is 0 Å². The predicted molar refractivity (Wildman–Crippen MR) is 112 cm³/mol. The van der Waals surface area contributed by atoms with Crippen LogP contribution in [-0.4, -0.2) is 59.7 Å². The molecule has 0 aromatic heterocycles. The summed E-state index contributed by atoms with van der Waals surface area (Å²) >= 11 is 0. The molecule has 3 rings (SSSR count). The zero-order chi connectivity index (χ0) is 21.9. The monoisotopic (exact) mass is 410 g/mol. The highest BCUT2D eigenvalue weighted by Crippen LogP contribution is 2.31. The summed E-state index contributed by atoms with van der Waals surface area (Å²) in [7, 11) is 0. The molecule has 2 N–H and O–H groups in total. The lowest BCUT2D eigenvalue weighted by atomic mass is 9.90. The average molecular weight is 410 g/mol. The topological polar surface area (TPSA) is 98.8 Å². The summed E-state index contributed by atoms with van der Waals surface area (Å²) in [6, 6.07) is 12.7. The van der Waals surface area contributed by atoms with Gasteiger partial charge in [0.1, 0.15) is 12.1 Å². The molecule has 0 saturated carbocycles. The molecule has 2 aromatic carbocycles. The summed E-state index contributed by atoms with van der Waals surface area (Å²) in [6.07, 6.45) is 0. The van der Waals surface area contributed by atoms with Crippen molar-refractivity contribution in [2.75, 3.05) is 26.2 Å². The van der Waals surface area contributed by atoms with E-state index in [0.717, 1.165) is 15.7 Å². The van der Waals surface area contributed by atoms with Gasteiger partial charge in [0, 0.05) is 13.1 Å². The second-order valence-corrected chi connectivity index (χ2v) is 7.37. The first-order valence-corrected chi connectivity index (χ1v) is 9.98. The maximum Gasteiger partial charge on any atom is 0.325 e. The third kappa shape index (κ3) is 3.98. The molecule has 0 radical (unpaired) electrons. The number of benzene rings is 2. The van der Waals surface area contributed by atoms with Gasteiger partial charge in [-0.05, 0) is 43.2 Å². The number of rotatable bonds is 7. The summed E-state index contributed by atoms with van der Waals surface area (Å²) in [5.41, 5.74) is -0.623. The standard InChI is InChI=1S/C22H26N4O4/c1-4-23-18(27)13-25(5-2)19(28)14-26-20(29)22(3,24-21(26)30)17-11-10-15-8-6-7-9-16(15)12-17/h6-12H,4-5,13-14H2,1-3H3,(H,23,27)(H,24,30)/t22-/m0/s1. The smallest absolute Gasteiger partial charge is 0.325 e. The van der Waals surface area contributed by atoms with Crippen LogP contribution in [0.15, 0.2) is 42.5 Å². The Morgan fingerprint density at radius 2 is 1.80 bits per heavy atom. The van der Waals surface area contributed by atoms with Crippen LogP contribution in [0.3, 0.4) is 0 Å². The molecule has 1 heterocycles. The van der Waals surface area contributed by atoms with E-state index in [2.05, 4.69) is 10.6 Å². The van der Waals surface area contributed by atoms with Crippen LogP contribution in [0.4, 0.5) is 4.79 Å². The van der Waals surface area contributed by atoms with Crippen molar-refractivity contribution in [1.29, 1.82) is 0 Å². The van der Waals surface area contributed by atoms with Crippen LogP contribution in [0.1, 0.15) is 26.3 Å². The van der Waals surface area contributed by atoms with Crippen LogP contribution in [-0.2, 0) is 19.9 Å². The molecule has 2 aromatic rings. The lowest BCUT2D eigenvalue weighted by molar-refractivity contribution is -0.140. The summed E-state index contributed by atoms with van der Waals surface area (Å²) < 4.78 is 0. The molecule has 1 aliphatic rings. The number of nitrogens with one attached hydrogen (secondary N) is 2. The fourth-order valence-corrected chi connectivity index (χ4v) is 3.57. The van der Waals surface area contributed by atoms with Gasteiger partial charge in [0.2, 0.25) is 11.8 Å². The van der Waals surface area contributed by atoms with Crippen LogP contribution in [0.2, 0.25) is 0 Å². The molecule has 1 aliphatic heterocycles. The Morgan fingerprint density at radius 1 is 1.10 bits per heavy atom. The third-order valence-electron chi connectivity index (χ3n) is 5.34. The Balaban J connectivity index is 1.79. The largest absolute Gasteiger partial charge is 0.355 e. The van der Waals surface area contributed by atoms with E-state index in [4.69, 9.17) is 0 Å². The summed E-state index contributed by atoms with van der Waals surface area (Å²) in [6.45, 7) is 5.38. The number of amides is 5. The quantitative estimate of drug-likeness (QED) is 0.677. The average Bonchev–Trinajstić information content (AvgIpc) is 2.95. The van der Waals surface area contributed by atoms with E-state index in [9.17, 15) is 19.2 Å². The van der Waals surface area contributed by atoms with E-state index < -0.39 is 29.9 Å². The van der Waals surface area contributed by atoms with Crippen molar-refractivity contribution in [3.05, 3.63) is 48.0 Å². The maximum atomic E-state index is 13.1. The van der Waals surface area contributed by atoms with Crippen molar-refractivity contribution in [3.63, 3.8) is 0 Å². The van der Waals surface area contributed by atoms with E-state index in [-0.39, 0.29) is 12.5 Å². The molecule has 8 nitrogen and oxygen atoms in total. The number of imide groups is 1. The lowest BCUT2D eigenvalue weighted by Gasteiger charge is -2.24.